The van der Waals surface area contributed by atoms with Gasteiger partial charge in [-0.25, -0.2) is 4.98 Å². The van der Waals surface area contributed by atoms with Crippen LogP contribution in [0.5, 0.6) is 11.6 Å². The van der Waals surface area contributed by atoms with Crippen molar-refractivity contribution in [1.82, 2.24) is 9.88 Å². The Bertz CT molecular complexity index is 963. The van der Waals surface area contributed by atoms with Gasteiger partial charge >= 0.3 is 0 Å². The number of rotatable bonds is 8. The van der Waals surface area contributed by atoms with Crippen LogP contribution >= 0.6 is 0 Å². The summed E-state index contributed by atoms with van der Waals surface area (Å²) in [6.07, 6.45) is 2.89. The third-order valence-electron chi connectivity index (χ3n) is 5.26. The first-order valence-electron chi connectivity index (χ1n) is 10.00. The molecule has 1 aliphatic heterocycles. The number of benzene rings is 2. The molecule has 6 heteroatoms. The van der Waals surface area contributed by atoms with Gasteiger partial charge in [0.15, 0.2) is 0 Å². The average Bonchev–Trinajstić information content (AvgIpc) is 3.19. The normalized spacial score (nSPS) is 16.8. The molecule has 0 spiro atoms. The molecule has 0 saturated carbocycles. The molecule has 29 heavy (non-hydrogen) atoms. The van der Waals surface area contributed by atoms with E-state index in [-0.39, 0.29) is 6.61 Å². The number of nitrogens with one attached hydrogen (secondary N) is 1. The van der Waals surface area contributed by atoms with Crippen molar-refractivity contribution in [3.63, 3.8) is 0 Å². The number of pyridine rings is 1. The molecular weight excluding hydrogens is 366 g/mol. The van der Waals surface area contributed by atoms with E-state index in [1.165, 1.54) is 5.56 Å². The van der Waals surface area contributed by atoms with Crippen LogP contribution in [-0.2, 0) is 6.54 Å². The van der Waals surface area contributed by atoms with Gasteiger partial charge in [-0.3, -0.25) is 4.90 Å². The van der Waals surface area contributed by atoms with Crippen molar-refractivity contribution in [2.24, 2.45) is 0 Å². The summed E-state index contributed by atoms with van der Waals surface area (Å²) in [5.74, 6) is 1.46. The van der Waals surface area contributed by atoms with Gasteiger partial charge in [0.25, 0.3) is 0 Å². The monoisotopic (exact) mass is 393 g/mol. The number of aliphatic hydroxyl groups is 1. The fourth-order valence-corrected chi connectivity index (χ4v) is 3.94. The molecule has 0 aliphatic carbocycles. The molecule has 6 nitrogen and oxygen atoms in total. The van der Waals surface area contributed by atoms with E-state index in [0.29, 0.717) is 18.5 Å². The molecule has 0 amide bonds. The Morgan fingerprint density at radius 2 is 2.07 bits per heavy atom. The van der Waals surface area contributed by atoms with Gasteiger partial charge in [0.1, 0.15) is 12.4 Å². The topological polar surface area (TPSA) is 66.9 Å². The lowest BCUT2D eigenvalue weighted by Gasteiger charge is -2.19. The number of hydrogen-bond acceptors (Lipinski definition) is 6. The van der Waals surface area contributed by atoms with Crippen LogP contribution in [0, 0.1) is 0 Å². The van der Waals surface area contributed by atoms with Gasteiger partial charge < -0.3 is 19.9 Å². The molecule has 1 aromatic heterocycles. The lowest BCUT2D eigenvalue weighted by molar-refractivity contribution is 0.201. The zero-order valence-electron chi connectivity index (χ0n) is 16.7. The molecule has 2 aromatic carbocycles. The largest absolute Gasteiger partial charge is 0.491 e. The molecule has 152 valence electrons. The molecule has 1 saturated heterocycles. The second-order valence-electron chi connectivity index (χ2n) is 7.31. The number of likely N-dealkylation sites (tertiary alicyclic amines) is 1. The van der Waals surface area contributed by atoms with Crippen LogP contribution in [0.2, 0.25) is 0 Å². The summed E-state index contributed by atoms with van der Waals surface area (Å²) >= 11 is 0. The second-order valence-corrected chi connectivity index (χ2v) is 7.31. The number of aromatic nitrogens is 1. The van der Waals surface area contributed by atoms with Crippen molar-refractivity contribution in [2.45, 2.75) is 19.0 Å². The highest BCUT2D eigenvalue weighted by Gasteiger charge is 2.23. The highest BCUT2D eigenvalue weighted by molar-refractivity contribution is 5.96. The Morgan fingerprint density at radius 3 is 2.93 bits per heavy atom. The maximum Gasteiger partial charge on any atom is 0.221 e. The third-order valence-corrected chi connectivity index (χ3v) is 5.26. The number of aliphatic hydroxyl groups excluding tert-OH is 1. The van der Waals surface area contributed by atoms with Crippen molar-refractivity contribution in [3.05, 3.63) is 60.3 Å². The van der Waals surface area contributed by atoms with Gasteiger partial charge in [0.2, 0.25) is 5.88 Å². The molecule has 0 radical (unpaired) electrons. The quantitative estimate of drug-likeness (QED) is 0.612. The van der Waals surface area contributed by atoms with Crippen molar-refractivity contribution in [2.75, 3.05) is 38.7 Å². The van der Waals surface area contributed by atoms with E-state index in [0.717, 1.165) is 48.3 Å². The van der Waals surface area contributed by atoms with Gasteiger partial charge in [-0.15, -0.1) is 0 Å². The highest BCUT2D eigenvalue weighted by atomic mass is 16.5. The van der Waals surface area contributed by atoms with E-state index in [1.54, 1.807) is 13.3 Å². The summed E-state index contributed by atoms with van der Waals surface area (Å²) < 4.78 is 10.9. The molecular formula is C23H27N3O3. The Morgan fingerprint density at radius 1 is 1.17 bits per heavy atom. The minimum atomic E-state index is 0.0276. The van der Waals surface area contributed by atoms with E-state index in [1.807, 2.05) is 30.3 Å². The SMILES string of the molecule is COc1nccc2c(NC3CCN(Cc4cccc(OCCO)c4)C3)cccc12. The average molecular weight is 393 g/mol. The molecule has 0 bridgehead atoms. The number of nitrogens with zero attached hydrogens (tertiary/aromatic N) is 2. The van der Waals surface area contributed by atoms with E-state index in [9.17, 15) is 0 Å². The van der Waals surface area contributed by atoms with E-state index in [4.69, 9.17) is 14.6 Å². The zero-order chi connectivity index (χ0) is 20.1. The van der Waals surface area contributed by atoms with Gasteiger partial charge in [-0.2, -0.15) is 0 Å². The molecule has 2 N–H and O–H groups in total. The van der Waals surface area contributed by atoms with E-state index < -0.39 is 0 Å². The van der Waals surface area contributed by atoms with Gasteiger partial charge in [-0.1, -0.05) is 18.2 Å². The van der Waals surface area contributed by atoms with Crippen LogP contribution in [0.25, 0.3) is 10.8 Å². The fourth-order valence-electron chi connectivity index (χ4n) is 3.94. The molecule has 1 fully saturated rings. The number of hydrogen-bond donors (Lipinski definition) is 2. The van der Waals surface area contributed by atoms with Crippen LogP contribution in [-0.4, -0.2) is 54.4 Å². The molecule has 3 aromatic rings. The lowest BCUT2D eigenvalue weighted by atomic mass is 10.1. The third kappa shape index (κ3) is 4.60. The number of ether oxygens (including phenoxy) is 2. The van der Waals surface area contributed by atoms with Crippen LogP contribution in [0.15, 0.2) is 54.7 Å². The molecule has 1 aliphatic rings. The van der Waals surface area contributed by atoms with Crippen LogP contribution in [0.1, 0.15) is 12.0 Å². The summed E-state index contributed by atoms with van der Waals surface area (Å²) in [6.45, 7) is 3.28. The minimum absolute atomic E-state index is 0.0276. The van der Waals surface area contributed by atoms with Crippen LogP contribution < -0.4 is 14.8 Å². The van der Waals surface area contributed by atoms with Crippen molar-refractivity contribution < 1.29 is 14.6 Å². The molecule has 1 atom stereocenters. The van der Waals surface area contributed by atoms with Crippen molar-refractivity contribution in [3.8, 4) is 11.6 Å². The Labute approximate surface area is 171 Å². The summed E-state index contributed by atoms with van der Waals surface area (Å²) in [4.78, 5) is 6.75. The van der Waals surface area contributed by atoms with Crippen molar-refractivity contribution >= 4 is 16.5 Å². The molecule has 1 unspecified atom stereocenters. The molecule has 4 rings (SSSR count). The van der Waals surface area contributed by atoms with Gasteiger partial charge in [0.05, 0.1) is 13.7 Å². The summed E-state index contributed by atoms with van der Waals surface area (Å²) in [6, 6.07) is 16.7. The number of fused-ring (bicyclic) bond motifs is 1. The highest BCUT2D eigenvalue weighted by Crippen LogP contribution is 2.30. The Balaban J connectivity index is 1.40. The first-order valence-corrected chi connectivity index (χ1v) is 10.00. The maximum atomic E-state index is 8.92. The van der Waals surface area contributed by atoms with Crippen LogP contribution in [0.4, 0.5) is 5.69 Å². The van der Waals surface area contributed by atoms with E-state index in [2.05, 4.69) is 33.4 Å². The minimum Gasteiger partial charge on any atom is -0.491 e. The molecule has 2 heterocycles. The van der Waals surface area contributed by atoms with E-state index >= 15 is 0 Å². The van der Waals surface area contributed by atoms with Crippen LogP contribution in [0.3, 0.4) is 0 Å². The Hall–Kier alpha value is -2.83. The first-order chi connectivity index (χ1) is 14.3. The maximum absolute atomic E-state index is 8.92. The zero-order valence-corrected chi connectivity index (χ0v) is 16.7. The summed E-state index contributed by atoms with van der Waals surface area (Å²) in [5.41, 5.74) is 2.34. The first kappa shape index (κ1) is 19.5. The number of anilines is 1. The summed E-state index contributed by atoms with van der Waals surface area (Å²) in [7, 11) is 1.65. The van der Waals surface area contributed by atoms with Crippen molar-refractivity contribution in [1.29, 1.82) is 0 Å². The van der Waals surface area contributed by atoms with Gasteiger partial charge in [0, 0.05) is 48.3 Å². The lowest BCUT2D eigenvalue weighted by Crippen LogP contribution is -2.26. The standard InChI is InChI=1S/C23H27N3O3/c1-28-23-21-6-3-7-22(20(21)8-10-24-23)25-18-9-11-26(16-18)15-17-4-2-5-19(14-17)29-13-12-27/h2-8,10,14,18,25,27H,9,11-13,15-16H2,1H3. The summed E-state index contributed by atoms with van der Waals surface area (Å²) in [5, 5.41) is 14.8. The second kappa shape index (κ2) is 9.11. The number of methoxy groups -OCH3 is 1. The predicted molar refractivity (Wildman–Crippen MR) is 115 cm³/mol. The fraction of sp³-hybridized carbons (Fsp3) is 0.348. The predicted octanol–water partition coefficient (Wildman–Crippen LogP) is 3.30. The Kier molecular flexibility index (Phi) is 6.12. The smallest absolute Gasteiger partial charge is 0.221 e. The van der Waals surface area contributed by atoms with Gasteiger partial charge in [-0.05, 0) is 42.3 Å².